The van der Waals surface area contributed by atoms with Crippen molar-refractivity contribution in [1.29, 1.82) is 0 Å². The molecule has 2 rings (SSSR count). The molecule has 1 aromatic heterocycles. The first-order valence-electron chi connectivity index (χ1n) is 6.26. The van der Waals surface area contributed by atoms with Gasteiger partial charge in [0, 0.05) is 27.6 Å². The highest BCUT2D eigenvalue weighted by Gasteiger charge is 2.12. The topological polar surface area (TPSA) is 91.6 Å². The lowest BCUT2D eigenvalue weighted by Gasteiger charge is -2.11. The van der Waals surface area contributed by atoms with Crippen molar-refractivity contribution in [2.45, 2.75) is 11.0 Å². The fourth-order valence-corrected chi connectivity index (χ4v) is 2.26. The third kappa shape index (κ3) is 4.44. The van der Waals surface area contributed by atoms with E-state index < -0.39 is 22.9 Å². The Morgan fingerprint density at radius 3 is 2.86 bits per heavy atom. The zero-order valence-corrected chi connectivity index (χ0v) is 12.2. The minimum absolute atomic E-state index is 0.0265. The Hall–Kier alpha value is -2.12. The number of amides is 2. The van der Waals surface area contributed by atoms with E-state index in [0.29, 0.717) is 16.3 Å². The number of hydrogen-bond acceptors (Lipinski definition) is 4. The van der Waals surface area contributed by atoms with Crippen molar-refractivity contribution in [3.05, 3.63) is 48.4 Å². The molecule has 112 valence electrons. The molecule has 3 N–H and O–H groups in total. The molecule has 0 spiro atoms. The third-order valence-electron chi connectivity index (χ3n) is 2.75. The van der Waals surface area contributed by atoms with E-state index in [1.807, 2.05) is 0 Å². The molecule has 0 radical (unpaired) electrons. The largest absolute Gasteiger partial charge is 0.467 e. The number of rotatable bonds is 5. The zero-order valence-electron chi connectivity index (χ0n) is 11.4. The number of hydrogen-bond donors (Lipinski definition) is 3. The van der Waals surface area contributed by atoms with E-state index in [1.165, 1.54) is 6.26 Å². The summed E-state index contributed by atoms with van der Waals surface area (Å²) >= 11 is 0. The van der Waals surface area contributed by atoms with Crippen LogP contribution in [0.2, 0.25) is 0 Å². The average molecular weight is 308 g/mol. The normalized spacial score (nSPS) is 13.4. The molecule has 7 heteroatoms. The van der Waals surface area contributed by atoms with Crippen LogP contribution in [0.3, 0.4) is 0 Å². The smallest absolute Gasteiger partial charge is 0.319 e. The van der Waals surface area contributed by atoms with Crippen molar-refractivity contribution in [2.24, 2.45) is 0 Å². The quantitative estimate of drug-likeness (QED) is 0.786. The van der Waals surface area contributed by atoms with Crippen LogP contribution in [-0.4, -0.2) is 28.1 Å². The Balaban J connectivity index is 1.87. The predicted octanol–water partition coefficient (Wildman–Crippen LogP) is 1.87. The minimum atomic E-state index is -1.11. The van der Waals surface area contributed by atoms with Gasteiger partial charge in [0.1, 0.15) is 11.9 Å². The first kappa shape index (κ1) is 15.3. The van der Waals surface area contributed by atoms with E-state index in [2.05, 4.69) is 10.6 Å². The van der Waals surface area contributed by atoms with Crippen molar-refractivity contribution in [2.75, 3.05) is 18.1 Å². The van der Waals surface area contributed by atoms with Crippen LogP contribution in [0.4, 0.5) is 10.5 Å². The van der Waals surface area contributed by atoms with Gasteiger partial charge in [0.2, 0.25) is 0 Å². The summed E-state index contributed by atoms with van der Waals surface area (Å²) in [7, 11) is -1.11. The first-order chi connectivity index (χ1) is 10.1. The molecule has 2 aromatic rings. The van der Waals surface area contributed by atoms with E-state index in [9.17, 15) is 14.1 Å². The summed E-state index contributed by atoms with van der Waals surface area (Å²) in [6.45, 7) is 0.0265. The van der Waals surface area contributed by atoms with Gasteiger partial charge in [0.15, 0.2) is 0 Å². The molecular weight excluding hydrogens is 292 g/mol. The minimum Gasteiger partial charge on any atom is -0.467 e. The second-order valence-electron chi connectivity index (χ2n) is 4.35. The average Bonchev–Trinajstić information content (AvgIpc) is 2.99. The second-order valence-corrected chi connectivity index (χ2v) is 5.73. The van der Waals surface area contributed by atoms with Crippen molar-refractivity contribution in [3.8, 4) is 0 Å². The van der Waals surface area contributed by atoms with Crippen LogP contribution >= 0.6 is 0 Å². The molecule has 2 amide bonds. The van der Waals surface area contributed by atoms with E-state index in [1.54, 1.807) is 42.7 Å². The van der Waals surface area contributed by atoms with Crippen molar-refractivity contribution in [3.63, 3.8) is 0 Å². The Morgan fingerprint density at radius 2 is 2.19 bits per heavy atom. The highest BCUT2D eigenvalue weighted by atomic mass is 32.2. The van der Waals surface area contributed by atoms with Crippen molar-refractivity contribution in [1.82, 2.24) is 5.32 Å². The highest BCUT2D eigenvalue weighted by molar-refractivity contribution is 7.84. The second kappa shape index (κ2) is 7.05. The predicted molar refractivity (Wildman–Crippen MR) is 79.5 cm³/mol. The maximum absolute atomic E-state index is 11.7. The molecular formula is C14H16N2O4S. The van der Waals surface area contributed by atoms with Gasteiger partial charge in [0.25, 0.3) is 0 Å². The molecule has 1 heterocycles. The fourth-order valence-electron chi connectivity index (χ4n) is 1.70. The maximum Gasteiger partial charge on any atom is 0.319 e. The van der Waals surface area contributed by atoms with Gasteiger partial charge in [-0.05, 0) is 30.3 Å². The van der Waals surface area contributed by atoms with Gasteiger partial charge >= 0.3 is 6.03 Å². The summed E-state index contributed by atoms with van der Waals surface area (Å²) in [5.41, 5.74) is 0.535. The van der Waals surface area contributed by atoms with Crippen LogP contribution in [0, 0.1) is 0 Å². The number of carbonyl (C=O) groups excluding carboxylic acids is 1. The van der Waals surface area contributed by atoms with Crippen molar-refractivity contribution < 1.29 is 18.5 Å². The Morgan fingerprint density at radius 1 is 1.38 bits per heavy atom. The van der Waals surface area contributed by atoms with Gasteiger partial charge in [-0.1, -0.05) is 6.07 Å². The van der Waals surface area contributed by atoms with Gasteiger partial charge in [0.05, 0.1) is 12.8 Å². The van der Waals surface area contributed by atoms with Gasteiger partial charge < -0.3 is 20.2 Å². The fraction of sp³-hybridized carbons (Fsp3) is 0.214. The van der Waals surface area contributed by atoms with Gasteiger partial charge in [-0.3, -0.25) is 4.21 Å². The molecule has 0 unspecified atom stereocenters. The molecule has 0 aliphatic rings. The Bertz CT molecular complexity index is 628. The molecule has 0 aliphatic carbocycles. The van der Waals surface area contributed by atoms with Crippen LogP contribution in [0.25, 0.3) is 0 Å². The summed E-state index contributed by atoms with van der Waals surface area (Å²) in [6, 6.07) is 9.60. The Labute approximate surface area is 124 Å². The molecule has 0 saturated carbocycles. The zero-order chi connectivity index (χ0) is 15.2. The van der Waals surface area contributed by atoms with Gasteiger partial charge in [-0.15, -0.1) is 0 Å². The van der Waals surface area contributed by atoms with Crippen LogP contribution in [0.1, 0.15) is 11.9 Å². The molecule has 21 heavy (non-hydrogen) atoms. The number of aliphatic hydroxyl groups is 1. The molecule has 0 saturated heterocycles. The third-order valence-corrected chi connectivity index (χ3v) is 3.67. The van der Waals surface area contributed by atoms with E-state index >= 15 is 0 Å². The van der Waals surface area contributed by atoms with Crippen LogP contribution in [-0.2, 0) is 10.8 Å². The summed E-state index contributed by atoms with van der Waals surface area (Å²) in [6.07, 6.45) is 2.12. The number of anilines is 1. The van der Waals surface area contributed by atoms with Crippen molar-refractivity contribution >= 4 is 22.5 Å². The monoisotopic (exact) mass is 308 g/mol. The van der Waals surface area contributed by atoms with Crippen LogP contribution in [0.15, 0.2) is 52.0 Å². The number of aliphatic hydroxyl groups excluding tert-OH is 1. The van der Waals surface area contributed by atoms with E-state index in [0.717, 1.165) is 0 Å². The maximum atomic E-state index is 11.7. The summed E-state index contributed by atoms with van der Waals surface area (Å²) in [5, 5.41) is 14.9. The molecule has 6 nitrogen and oxygen atoms in total. The van der Waals surface area contributed by atoms with E-state index in [4.69, 9.17) is 4.42 Å². The number of carbonyl (C=O) groups is 1. The van der Waals surface area contributed by atoms with E-state index in [-0.39, 0.29) is 6.54 Å². The highest BCUT2D eigenvalue weighted by Crippen LogP contribution is 2.14. The standard InChI is InChI=1S/C14H16N2O4S/c1-21(19)11-5-2-4-10(8-11)16-14(18)15-9-12(17)13-6-3-7-20-13/h2-8,12,17H,9H2,1H3,(H2,15,16,18)/t12-,21+/m1/s1. The number of benzene rings is 1. The first-order valence-corrected chi connectivity index (χ1v) is 7.82. The summed E-state index contributed by atoms with van der Waals surface area (Å²) in [4.78, 5) is 12.4. The van der Waals surface area contributed by atoms with Crippen LogP contribution in [0.5, 0.6) is 0 Å². The molecule has 0 aliphatic heterocycles. The molecule has 0 bridgehead atoms. The van der Waals surface area contributed by atoms with Crippen LogP contribution < -0.4 is 10.6 Å². The Kier molecular flexibility index (Phi) is 5.13. The number of furan rings is 1. The lowest BCUT2D eigenvalue weighted by molar-refractivity contribution is 0.149. The lowest BCUT2D eigenvalue weighted by Crippen LogP contribution is -2.32. The summed E-state index contributed by atoms with van der Waals surface area (Å²) in [5.74, 6) is 0.388. The van der Waals surface area contributed by atoms with Gasteiger partial charge in [-0.25, -0.2) is 4.79 Å². The lowest BCUT2D eigenvalue weighted by atomic mass is 10.3. The molecule has 1 aromatic carbocycles. The van der Waals surface area contributed by atoms with Gasteiger partial charge in [-0.2, -0.15) is 0 Å². The number of nitrogens with one attached hydrogen (secondary N) is 2. The SMILES string of the molecule is C[S@](=O)c1cccc(NC(=O)NC[C@@H](O)c2ccco2)c1. The molecule has 0 fully saturated rings. The molecule has 2 atom stereocenters. The summed E-state index contributed by atoms with van der Waals surface area (Å²) < 4.78 is 16.4. The number of urea groups is 1.